The van der Waals surface area contributed by atoms with Gasteiger partial charge in [0.15, 0.2) is 11.5 Å². The van der Waals surface area contributed by atoms with Crippen LogP contribution in [0.2, 0.25) is 0 Å². The molecule has 2 heterocycles. The van der Waals surface area contributed by atoms with Crippen LogP contribution in [0.15, 0.2) is 30.5 Å². The zero-order valence-corrected chi connectivity index (χ0v) is 10.9. The minimum atomic E-state index is 0.0622. The second-order valence-electron chi connectivity index (χ2n) is 4.63. The molecule has 1 aromatic carbocycles. The van der Waals surface area contributed by atoms with Gasteiger partial charge < -0.3 is 15.2 Å². The summed E-state index contributed by atoms with van der Waals surface area (Å²) in [5, 5.41) is 4.24. The SMILES string of the molecule is CC(c1ccc2c(c1)OCCCO2)n1nccc1N. The highest BCUT2D eigenvalue weighted by Crippen LogP contribution is 2.33. The number of nitrogen functional groups attached to an aromatic ring is 1. The molecule has 100 valence electrons. The molecule has 5 nitrogen and oxygen atoms in total. The number of aromatic nitrogens is 2. The van der Waals surface area contributed by atoms with Crippen molar-refractivity contribution in [1.82, 2.24) is 9.78 Å². The van der Waals surface area contributed by atoms with E-state index in [4.69, 9.17) is 15.2 Å². The summed E-state index contributed by atoms with van der Waals surface area (Å²) < 4.78 is 13.1. The smallest absolute Gasteiger partial charge is 0.161 e. The molecule has 19 heavy (non-hydrogen) atoms. The number of rotatable bonds is 2. The number of fused-ring (bicyclic) bond motifs is 1. The molecule has 1 atom stereocenters. The van der Waals surface area contributed by atoms with Crippen LogP contribution in [0.5, 0.6) is 11.5 Å². The van der Waals surface area contributed by atoms with Crippen LogP contribution in [0.1, 0.15) is 24.9 Å². The molecule has 0 saturated heterocycles. The van der Waals surface area contributed by atoms with E-state index in [1.807, 2.05) is 18.2 Å². The lowest BCUT2D eigenvalue weighted by atomic mass is 10.1. The summed E-state index contributed by atoms with van der Waals surface area (Å²) in [6.07, 6.45) is 2.61. The molecule has 1 aliphatic heterocycles. The number of nitrogens with zero attached hydrogens (tertiary/aromatic N) is 2. The van der Waals surface area contributed by atoms with Crippen molar-refractivity contribution in [2.75, 3.05) is 18.9 Å². The first-order valence-electron chi connectivity index (χ1n) is 6.44. The van der Waals surface area contributed by atoms with Gasteiger partial charge in [0.05, 0.1) is 25.5 Å². The van der Waals surface area contributed by atoms with Gasteiger partial charge in [-0.15, -0.1) is 0 Å². The average molecular weight is 259 g/mol. The number of ether oxygens (including phenoxy) is 2. The second kappa shape index (κ2) is 4.84. The molecule has 5 heteroatoms. The van der Waals surface area contributed by atoms with Crippen molar-refractivity contribution in [3.8, 4) is 11.5 Å². The van der Waals surface area contributed by atoms with Crippen LogP contribution in [0.3, 0.4) is 0 Å². The van der Waals surface area contributed by atoms with Crippen molar-refractivity contribution in [3.63, 3.8) is 0 Å². The maximum Gasteiger partial charge on any atom is 0.161 e. The van der Waals surface area contributed by atoms with E-state index in [1.165, 1.54) is 0 Å². The van der Waals surface area contributed by atoms with Crippen LogP contribution >= 0.6 is 0 Å². The van der Waals surface area contributed by atoms with Crippen molar-refractivity contribution in [2.24, 2.45) is 0 Å². The summed E-state index contributed by atoms with van der Waals surface area (Å²) in [6.45, 7) is 3.45. The summed E-state index contributed by atoms with van der Waals surface area (Å²) >= 11 is 0. The molecule has 0 spiro atoms. The largest absolute Gasteiger partial charge is 0.490 e. The normalized spacial score (nSPS) is 15.8. The van der Waals surface area contributed by atoms with Gasteiger partial charge in [0.25, 0.3) is 0 Å². The van der Waals surface area contributed by atoms with Crippen LogP contribution in [-0.2, 0) is 0 Å². The van der Waals surface area contributed by atoms with Crippen LogP contribution in [0.25, 0.3) is 0 Å². The standard InChI is InChI=1S/C14H17N3O2/c1-10(17-14(15)5-6-16-17)11-3-4-12-13(9-11)19-8-2-7-18-12/h3-6,9-10H,2,7-8,15H2,1H3. The Kier molecular flexibility index (Phi) is 3.03. The first kappa shape index (κ1) is 11.9. The Hall–Kier alpha value is -2.17. The molecule has 2 aromatic rings. The van der Waals surface area contributed by atoms with Crippen LogP contribution in [0.4, 0.5) is 5.82 Å². The topological polar surface area (TPSA) is 62.3 Å². The van der Waals surface area contributed by atoms with Crippen molar-refractivity contribution in [2.45, 2.75) is 19.4 Å². The van der Waals surface area contributed by atoms with Gasteiger partial charge in [-0.25, -0.2) is 4.68 Å². The molecule has 0 radical (unpaired) electrons. The maximum atomic E-state index is 5.89. The van der Waals surface area contributed by atoms with Crippen molar-refractivity contribution in [3.05, 3.63) is 36.0 Å². The van der Waals surface area contributed by atoms with Gasteiger partial charge in [0.1, 0.15) is 5.82 Å². The first-order chi connectivity index (χ1) is 9.25. The fourth-order valence-electron chi connectivity index (χ4n) is 2.23. The number of anilines is 1. The minimum absolute atomic E-state index is 0.0622. The summed E-state index contributed by atoms with van der Waals surface area (Å²) in [7, 11) is 0. The van der Waals surface area contributed by atoms with E-state index in [0.717, 1.165) is 23.5 Å². The zero-order valence-electron chi connectivity index (χ0n) is 10.9. The van der Waals surface area contributed by atoms with E-state index in [1.54, 1.807) is 16.9 Å². The Morgan fingerprint density at radius 2 is 2.00 bits per heavy atom. The third-order valence-electron chi connectivity index (χ3n) is 3.32. The Morgan fingerprint density at radius 1 is 1.21 bits per heavy atom. The minimum Gasteiger partial charge on any atom is -0.490 e. The highest BCUT2D eigenvalue weighted by atomic mass is 16.5. The van der Waals surface area contributed by atoms with Gasteiger partial charge >= 0.3 is 0 Å². The van der Waals surface area contributed by atoms with Crippen LogP contribution < -0.4 is 15.2 Å². The molecule has 2 N–H and O–H groups in total. The Morgan fingerprint density at radius 3 is 2.74 bits per heavy atom. The highest BCUT2D eigenvalue weighted by Gasteiger charge is 2.15. The number of hydrogen-bond donors (Lipinski definition) is 1. The molecule has 0 bridgehead atoms. The van der Waals surface area contributed by atoms with Crippen LogP contribution in [-0.4, -0.2) is 23.0 Å². The summed E-state index contributed by atoms with van der Waals surface area (Å²) in [5.74, 6) is 2.26. The van der Waals surface area contributed by atoms with E-state index >= 15 is 0 Å². The summed E-state index contributed by atoms with van der Waals surface area (Å²) in [5.41, 5.74) is 6.98. The Balaban J connectivity index is 1.93. The molecule has 0 aliphatic carbocycles. The lowest BCUT2D eigenvalue weighted by Gasteiger charge is -2.16. The molecule has 1 aliphatic rings. The third-order valence-corrected chi connectivity index (χ3v) is 3.32. The van der Waals surface area contributed by atoms with Gasteiger partial charge in [0, 0.05) is 6.42 Å². The zero-order chi connectivity index (χ0) is 13.2. The third kappa shape index (κ3) is 2.23. The monoisotopic (exact) mass is 259 g/mol. The lowest BCUT2D eigenvalue weighted by molar-refractivity contribution is 0.297. The lowest BCUT2D eigenvalue weighted by Crippen LogP contribution is -2.11. The molecule has 1 unspecified atom stereocenters. The molecule has 3 rings (SSSR count). The number of benzene rings is 1. The molecule has 0 fully saturated rings. The van der Waals surface area contributed by atoms with Gasteiger partial charge in [-0.05, 0) is 30.7 Å². The van der Waals surface area contributed by atoms with Gasteiger partial charge in [-0.3, -0.25) is 0 Å². The van der Waals surface area contributed by atoms with Crippen molar-refractivity contribution >= 4 is 5.82 Å². The van der Waals surface area contributed by atoms with Gasteiger partial charge in [0.2, 0.25) is 0 Å². The highest BCUT2D eigenvalue weighted by molar-refractivity contribution is 5.44. The maximum absolute atomic E-state index is 5.89. The summed E-state index contributed by atoms with van der Waals surface area (Å²) in [4.78, 5) is 0. The fraction of sp³-hybridized carbons (Fsp3) is 0.357. The van der Waals surface area contributed by atoms with Crippen molar-refractivity contribution in [1.29, 1.82) is 0 Å². The number of hydrogen-bond acceptors (Lipinski definition) is 4. The number of nitrogens with two attached hydrogens (primary N) is 1. The molecular formula is C14H17N3O2. The predicted molar refractivity (Wildman–Crippen MR) is 72.5 cm³/mol. The predicted octanol–water partition coefficient (Wildman–Crippen LogP) is 2.24. The van der Waals surface area contributed by atoms with Crippen LogP contribution in [0, 0.1) is 0 Å². The molecule has 1 aromatic heterocycles. The fourth-order valence-corrected chi connectivity index (χ4v) is 2.23. The second-order valence-corrected chi connectivity index (χ2v) is 4.63. The molecule has 0 saturated carbocycles. The van der Waals surface area contributed by atoms with E-state index in [-0.39, 0.29) is 6.04 Å². The first-order valence-corrected chi connectivity index (χ1v) is 6.44. The van der Waals surface area contributed by atoms with E-state index in [2.05, 4.69) is 12.0 Å². The van der Waals surface area contributed by atoms with E-state index in [9.17, 15) is 0 Å². The van der Waals surface area contributed by atoms with Gasteiger partial charge in [-0.1, -0.05) is 6.07 Å². The molecular weight excluding hydrogens is 242 g/mol. The molecule has 0 amide bonds. The summed E-state index contributed by atoms with van der Waals surface area (Å²) in [6, 6.07) is 7.84. The van der Waals surface area contributed by atoms with Crippen molar-refractivity contribution < 1.29 is 9.47 Å². The van der Waals surface area contributed by atoms with E-state index < -0.39 is 0 Å². The average Bonchev–Trinajstić information content (AvgIpc) is 2.72. The Labute approximate surface area is 111 Å². The van der Waals surface area contributed by atoms with E-state index in [0.29, 0.717) is 19.0 Å². The quantitative estimate of drug-likeness (QED) is 0.898. The van der Waals surface area contributed by atoms with Gasteiger partial charge in [-0.2, -0.15) is 5.10 Å². The Bertz CT molecular complexity index is 580.